The number of ether oxygens (including phenoxy) is 1. The van der Waals surface area contributed by atoms with Gasteiger partial charge in [0.15, 0.2) is 18.0 Å². The molecule has 0 saturated carbocycles. The van der Waals surface area contributed by atoms with Gasteiger partial charge in [0.2, 0.25) is 5.91 Å². The van der Waals surface area contributed by atoms with Crippen molar-refractivity contribution in [2.24, 2.45) is 0 Å². The van der Waals surface area contributed by atoms with Crippen molar-refractivity contribution in [1.29, 1.82) is 0 Å². The van der Waals surface area contributed by atoms with Gasteiger partial charge in [0.1, 0.15) is 5.52 Å². The molecule has 0 saturated heterocycles. The van der Waals surface area contributed by atoms with Crippen LogP contribution in [-0.2, 0) is 9.59 Å². The number of hydrogen-bond donors (Lipinski definition) is 1. The van der Waals surface area contributed by atoms with Crippen molar-refractivity contribution >= 4 is 28.5 Å². The van der Waals surface area contributed by atoms with Crippen LogP contribution in [0, 0.1) is 0 Å². The van der Waals surface area contributed by atoms with Crippen LogP contribution in [0.25, 0.3) is 11.1 Å². The van der Waals surface area contributed by atoms with Crippen molar-refractivity contribution in [3.63, 3.8) is 0 Å². The van der Waals surface area contributed by atoms with Crippen molar-refractivity contribution in [1.82, 2.24) is 4.98 Å². The average Bonchev–Trinajstić information content (AvgIpc) is 3.02. The molecule has 0 fully saturated rings. The maximum atomic E-state index is 11.8. The zero-order valence-corrected chi connectivity index (χ0v) is 12.9. The highest BCUT2D eigenvalue weighted by molar-refractivity contribution is 5.93. The van der Waals surface area contributed by atoms with Crippen molar-refractivity contribution in [2.75, 3.05) is 11.9 Å². The number of rotatable bonds is 7. The molecule has 0 atom stereocenters. The number of fused-ring (bicyclic) bond motifs is 1. The van der Waals surface area contributed by atoms with Gasteiger partial charge in [-0.05, 0) is 24.3 Å². The third-order valence-electron chi connectivity index (χ3n) is 3.32. The van der Waals surface area contributed by atoms with Gasteiger partial charge in [0.05, 0.1) is 0 Å². The van der Waals surface area contributed by atoms with Crippen molar-refractivity contribution in [3.8, 4) is 6.08 Å². The van der Waals surface area contributed by atoms with E-state index in [-0.39, 0.29) is 37.2 Å². The monoisotopic (exact) mass is 324 g/mol. The quantitative estimate of drug-likeness (QED) is 0.722. The van der Waals surface area contributed by atoms with Crippen LogP contribution >= 0.6 is 0 Å². The van der Waals surface area contributed by atoms with E-state index in [1.165, 1.54) is 0 Å². The fourth-order valence-electron chi connectivity index (χ4n) is 2.13. The molecule has 3 aromatic rings. The minimum absolute atomic E-state index is 0.0540. The Hall–Kier alpha value is -3.15. The Kier molecular flexibility index (Phi) is 4.86. The fourth-order valence-corrected chi connectivity index (χ4v) is 2.13. The molecule has 6 nitrogen and oxygen atoms in total. The van der Waals surface area contributed by atoms with Gasteiger partial charge in [0.25, 0.3) is 0 Å². The number of carbonyl (C=O) groups is 2. The number of nitrogens with zero attached hydrogens (tertiary/aromatic N) is 1. The number of hydrogen-bond acceptors (Lipinski definition) is 5. The van der Waals surface area contributed by atoms with Gasteiger partial charge >= 0.3 is 6.08 Å². The molecule has 3 rings (SSSR count). The first-order valence-corrected chi connectivity index (χ1v) is 7.56. The lowest BCUT2D eigenvalue weighted by Crippen LogP contribution is -2.16. The molecule has 0 spiro atoms. The van der Waals surface area contributed by atoms with Gasteiger partial charge in [-0.2, -0.15) is 4.98 Å². The molecule has 0 aliphatic carbocycles. The Morgan fingerprint density at radius 2 is 1.75 bits per heavy atom. The van der Waals surface area contributed by atoms with Crippen LogP contribution in [-0.4, -0.2) is 23.3 Å². The summed E-state index contributed by atoms with van der Waals surface area (Å²) in [6, 6.07) is 16.3. The first-order chi connectivity index (χ1) is 11.7. The number of aromatic nitrogens is 1. The van der Waals surface area contributed by atoms with E-state index < -0.39 is 0 Å². The summed E-state index contributed by atoms with van der Waals surface area (Å²) in [4.78, 5) is 27.7. The van der Waals surface area contributed by atoms with E-state index in [1.807, 2.05) is 30.3 Å². The normalized spacial score (nSPS) is 10.5. The molecule has 1 heterocycles. The highest BCUT2D eigenvalue weighted by Gasteiger charge is 2.11. The molecular weight excluding hydrogens is 308 g/mol. The Labute approximate surface area is 138 Å². The van der Waals surface area contributed by atoms with Gasteiger partial charge in [-0.1, -0.05) is 30.3 Å². The van der Waals surface area contributed by atoms with E-state index in [0.29, 0.717) is 16.8 Å². The van der Waals surface area contributed by atoms with Gasteiger partial charge in [0, 0.05) is 18.5 Å². The van der Waals surface area contributed by atoms with E-state index in [1.54, 1.807) is 24.3 Å². The van der Waals surface area contributed by atoms with Gasteiger partial charge in [-0.15, -0.1) is 0 Å². The highest BCUT2D eigenvalue weighted by Crippen LogP contribution is 2.19. The summed E-state index contributed by atoms with van der Waals surface area (Å²) >= 11 is 0. The molecule has 1 amide bonds. The zero-order valence-electron chi connectivity index (χ0n) is 12.9. The molecule has 0 aliphatic heterocycles. The topological polar surface area (TPSA) is 81.4 Å². The van der Waals surface area contributed by atoms with Gasteiger partial charge in [-0.25, -0.2) is 0 Å². The number of anilines is 1. The number of benzene rings is 2. The van der Waals surface area contributed by atoms with Crippen LogP contribution in [0.4, 0.5) is 5.69 Å². The number of nitrogens with one attached hydrogen (secondary N) is 1. The van der Waals surface area contributed by atoms with Crippen LogP contribution in [0.3, 0.4) is 0 Å². The summed E-state index contributed by atoms with van der Waals surface area (Å²) in [5.74, 6) is -0.406. The summed E-state index contributed by atoms with van der Waals surface area (Å²) in [5, 5.41) is 2.73. The Morgan fingerprint density at radius 3 is 2.54 bits per heavy atom. The number of Topliss-reactive ketones (excluding diaryl/α,β-unsaturated/α-hetero) is 1. The largest absolute Gasteiger partial charge is 0.442 e. The van der Waals surface area contributed by atoms with E-state index in [4.69, 9.17) is 9.15 Å². The van der Waals surface area contributed by atoms with E-state index in [0.717, 1.165) is 0 Å². The summed E-state index contributed by atoms with van der Waals surface area (Å²) in [7, 11) is 0. The first kappa shape index (κ1) is 15.7. The summed E-state index contributed by atoms with van der Waals surface area (Å²) in [5.41, 5.74) is 1.97. The fraction of sp³-hybridized carbons (Fsp3) is 0.167. The summed E-state index contributed by atoms with van der Waals surface area (Å²) in [6.07, 6.45) is 0.252. The number of ketones is 1. The Morgan fingerprint density at radius 1 is 1.00 bits per heavy atom. The van der Waals surface area contributed by atoms with Crippen molar-refractivity contribution in [2.45, 2.75) is 12.8 Å². The second-order valence-corrected chi connectivity index (χ2v) is 5.19. The third-order valence-corrected chi connectivity index (χ3v) is 3.32. The average molecular weight is 324 g/mol. The molecule has 24 heavy (non-hydrogen) atoms. The lowest BCUT2D eigenvalue weighted by atomic mass is 10.2. The minimum Gasteiger partial charge on any atom is -0.442 e. The number of oxazole rings is 1. The Balaban J connectivity index is 1.43. The van der Waals surface area contributed by atoms with Crippen LogP contribution in [0.2, 0.25) is 0 Å². The lowest BCUT2D eigenvalue weighted by Gasteiger charge is -2.04. The lowest BCUT2D eigenvalue weighted by molar-refractivity contribution is -0.124. The molecule has 0 aliphatic rings. The molecule has 1 aromatic heterocycles. The minimum atomic E-state index is -0.212. The summed E-state index contributed by atoms with van der Waals surface area (Å²) < 4.78 is 10.6. The van der Waals surface area contributed by atoms with E-state index >= 15 is 0 Å². The smallest absolute Gasteiger partial charge is 0.395 e. The molecule has 1 N–H and O–H groups in total. The van der Waals surface area contributed by atoms with E-state index in [9.17, 15) is 9.59 Å². The molecule has 0 unspecified atom stereocenters. The Bertz CT molecular complexity index is 809. The van der Waals surface area contributed by atoms with E-state index in [2.05, 4.69) is 10.3 Å². The second kappa shape index (κ2) is 7.41. The first-order valence-electron chi connectivity index (χ1n) is 7.56. The van der Waals surface area contributed by atoms with Crippen molar-refractivity contribution in [3.05, 3.63) is 54.6 Å². The van der Waals surface area contributed by atoms with Gasteiger partial charge < -0.3 is 14.5 Å². The predicted molar refractivity (Wildman–Crippen MR) is 88.8 cm³/mol. The maximum absolute atomic E-state index is 11.8. The zero-order chi connectivity index (χ0) is 16.8. The second-order valence-electron chi connectivity index (χ2n) is 5.19. The summed E-state index contributed by atoms with van der Waals surface area (Å²) in [6.45, 7) is -0.175. The maximum Gasteiger partial charge on any atom is 0.395 e. The van der Waals surface area contributed by atoms with Crippen LogP contribution in [0.1, 0.15) is 12.8 Å². The van der Waals surface area contributed by atoms with Crippen LogP contribution in [0.15, 0.2) is 59.0 Å². The molecule has 0 radical (unpaired) electrons. The SMILES string of the molecule is O=C(CCC(=O)Nc1ccccc1)COc1nc2ccccc2o1. The highest BCUT2D eigenvalue weighted by atomic mass is 16.6. The molecule has 6 heteroatoms. The molecule has 2 aromatic carbocycles. The third kappa shape index (κ3) is 4.19. The standard InChI is InChI=1S/C18H16N2O4/c21-14(10-11-17(22)19-13-6-2-1-3-7-13)12-23-18-20-15-8-4-5-9-16(15)24-18/h1-9H,10-12H2,(H,19,22). The molecule has 122 valence electrons. The van der Waals surface area contributed by atoms with Gasteiger partial charge in [-0.3, -0.25) is 9.59 Å². The van der Waals surface area contributed by atoms with Crippen LogP contribution < -0.4 is 10.1 Å². The predicted octanol–water partition coefficient (Wildman–Crippen LogP) is 3.19. The molecule has 0 bridgehead atoms. The van der Waals surface area contributed by atoms with Crippen LogP contribution in [0.5, 0.6) is 6.08 Å². The number of carbonyl (C=O) groups excluding carboxylic acids is 2. The number of amides is 1. The number of para-hydroxylation sites is 3. The van der Waals surface area contributed by atoms with Crippen molar-refractivity contribution < 1.29 is 18.7 Å². The molecular formula is C18H16N2O4.